The summed E-state index contributed by atoms with van der Waals surface area (Å²) in [7, 11) is -3.66. The quantitative estimate of drug-likeness (QED) is 0.676. The number of sulfonamides is 1. The van der Waals surface area contributed by atoms with E-state index in [2.05, 4.69) is 5.32 Å². The molecule has 2 aromatic rings. The van der Waals surface area contributed by atoms with Crippen molar-refractivity contribution in [2.75, 3.05) is 17.1 Å². The first-order valence-corrected chi connectivity index (χ1v) is 10.7. The highest BCUT2D eigenvalue weighted by Crippen LogP contribution is 2.23. The smallest absolute Gasteiger partial charge is 0.243 e. The number of halogens is 2. The van der Waals surface area contributed by atoms with Gasteiger partial charge in [0.05, 0.1) is 11.9 Å². The van der Waals surface area contributed by atoms with Crippen molar-refractivity contribution in [1.29, 1.82) is 0 Å². The molecule has 146 valence electrons. The molecule has 0 heterocycles. The zero-order valence-electron chi connectivity index (χ0n) is 15.2. The molecule has 0 aromatic heterocycles. The normalized spacial score (nSPS) is 12.4. The highest BCUT2D eigenvalue weighted by Gasteiger charge is 2.28. The van der Waals surface area contributed by atoms with Crippen LogP contribution in [0.2, 0.25) is 5.02 Å². The van der Waals surface area contributed by atoms with Crippen molar-refractivity contribution in [3.63, 3.8) is 0 Å². The number of rotatable bonds is 8. The molecule has 1 amide bonds. The van der Waals surface area contributed by atoms with Gasteiger partial charge in [-0.25, -0.2) is 12.8 Å². The fourth-order valence-electron chi connectivity index (χ4n) is 2.70. The summed E-state index contributed by atoms with van der Waals surface area (Å²) in [5, 5.41) is 3.23. The van der Waals surface area contributed by atoms with Crippen LogP contribution >= 0.6 is 11.6 Å². The number of anilines is 1. The number of nitrogens with one attached hydrogen (secondary N) is 1. The van der Waals surface area contributed by atoms with Gasteiger partial charge >= 0.3 is 0 Å². The van der Waals surface area contributed by atoms with E-state index in [1.807, 2.05) is 0 Å². The van der Waals surface area contributed by atoms with Crippen LogP contribution in [0.1, 0.15) is 18.9 Å². The van der Waals surface area contributed by atoms with Gasteiger partial charge < -0.3 is 5.32 Å². The lowest BCUT2D eigenvalue weighted by molar-refractivity contribution is -0.121. The monoisotopic (exact) mass is 412 g/mol. The second-order valence-electron chi connectivity index (χ2n) is 6.23. The van der Waals surface area contributed by atoms with Crippen LogP contribution in [0.15, 0.2) is 48.5 Å². The summed E-state index contributed by atoms with van der Waals surface area (Å²) in [6.07, 6.45) is 2.39. The molecule has 2 rings (SSSR count). The number of amides is 1. The zero-order chi connectivity index (χ0) is 20.0. The second-order valence-corrected chi connectivity index (χ2v) is 8.53. The average Bonchev–Trinajstić information content (AvgIpc) is 2.60. The maximum atomic E-state index is 12.9. The fraction of sp³-hybridized carbons (Fsp3) is 0.316. The molecule has 0 saturated heterocycles. The molecule has 0 fully saturated rings. The van der Waals surface area contributed by atoms with Crippen LogP contribution in [-0.2, 0) is 21.2 Å². The Morgan fingerprint density at radius 3 is 2.30 bits per heavy atom. The third kappa shape index (κ3) is 6.22. The summed E-state index contributed by atoms with van der Waals surface area (Å²) < 4.78 is 38.3. The Bertz CT molecular complexity index is 871. The van der Waals surface area contributed by atoms with Crippen molar-refractivity contribution in [2.24, 2.45) is 0 Å². The van der Waals surface area contributed by atoms with Gasteiger partial charge in [-0.2, -0.15) is 0 Å². The molecule has 1 atom stereocenters. The van der Waals surface area contributed by atoms with Crippen LogP contribution in [0.5, 0.6) is 0 Å². The summed E-state index contributed by atoms with van der Waals surface area (Å²) in [5.74, 6) is -0.682. The number of carbonyl (C=O) groups is 1. The lowest BCUT2D eigenvalue weighted by Crippen LogP contribution is -2.48. The Morgan fingerprint density at radius 2 is 1.74 bits per heavy atom. The van der Waals surface area contributed by atoms with E-state index in [9.17, 15) is 17.6 Å². The summed E-state index contributed by atoms with van der Waals surface area (Å²) >= 11 is 5.85. The summed E-state index contributed by atoms with van der Waals surface area (Å²) in [6.45, 7) is 1.92. The number of carbonyl (C=O) groups excluding carboxylic acids is 1. The summed E-state index contributed by atoms with van der Waals surface area (Å²) in [4.78, 5) is 12.4. The van der Waals surface area contributed by atoms with Gasteiger partial charge in [-0.3, -0.25) is 9.10 Å². The standard InChI is InChI=1S/C19H22ClFN2O3S/c1-14(23(27(2,25)26)18-11-7-16(20)8-12-18)19(24)22-13-3-4-15-5-9-17(21)10-6-15/h5-12,14H,3-4,13H2,1-2H3,(H,22,24)/t14-/m1/s1. The molecule has 5 nitrogen and oxygen atoms in total. The van der Waals surface area contributed by atoms with Crippen molar-refractivity contribution >= 4 is 33.2 Å². The predicted molar refractivity (Wildman–Crippen MR) is 106 cm³/mol. The minimum atomic E-state index is -3.66. The number of hydrogen-bond acceptors (Lipinski definition) is 3. The molecule has 2 aromatic carbocycles. The first-order chi connectivity index (χ1) is 12.7. The van der Waals surface area contributed by atoms with E-state index >= 15 is 0 Å². The predicted octanol–water partition coefficient (Wildman–Crippen LogP) is 3.38. The van der Waals surface area contributed by atoms with E-state index in [1.54, 1.807) is 36.4 Å². The minimum absolute atomic E-state index is 0.288. The molecule has 0 bridgehead atoms. The van der Waals surface area contributed by atoms with Crippen LogP contribution in [0.3, 0.4) is 0 Å². The van der Waals surface area contributed by atoms with Crippen LogP contribution in [0, 0.1) is 5.82 Å². The van der Waals surface area contributed by atoms with Gasteiger partial charge in [0.1, 0.15) is 11.9 Å². The number of nitrogens with zero attached hydrogens (tertiary/aromatic N) is 1. The first kappa shape index (κ1) is 21.2. The van der Waals surface area contributed by atoms with Crippen LogP contribution in [-0.4, -0.2) is 33.2 Å². The highest BCUT2D eigenvalue weighted by atomic mass is 35.5. The van der Waals surface area contributed by atoms with Crippen molar-refractivity contribution in [3.05, 3.63) is 64.9 Å². The van der Waals surface area contributed by atoms with Crippen molar-refractivity contribution < 1.29 is 17.6 Å². The summed E-state index contributed by atoms with van der Waals surface area (Å²) in [6, 6.07) is 11.5. The second kappa shape index (κ2) is 9.19. The van der Waals surface area contributed by atoms with Crippen molar-refractivity contribution in [2.45, 2.75) is 25.8 Å². The fourth-order valence-corrected chi connectivity index (χ4v) is 4.00. The van der Waals surface area contributed by atoms with Gasteiger partial charge in [0.15, 0.2) is 0 Å². The number of aryl methyl sites for hydroxylation is 1. The molecule has 0 radical (unpaired) electrons. The molecular formula is C19H22ClFN2O3S. The number of benzene rings is 2. The molecule has 0 aliphatic rings. The van der Waals surface area contributed by atoms with Crippen molar-refractivity contribution in [1.82, 2.24) is 5.32 Å². The maximum absolute atomic E-state index is 12.9. The van der Waals surface area contributed by atoms with E-state index in [-0.39, 0.29) is 5.82 Å². The third-order valence-corrected chi connectivity index (χ3v) is 5.52. The van der Waals surface area contributed by atoms with Crippen LogP contribution in [0.4, 0.5) is 10.1 Å². The Kier molecular flexibility index (Phi) is 7.21. The van der Waals surface area contributed by atoms with E-state index in [0.29, 0.717) is 30.1 Å². The van der Waals surface area contributed by atoms with Gasteiger partial charge in [0.25, 0.3) is 0 Å². The highest BCUT2D eigenvalue weighted by molar-refractivity contribution is 7.92. The average molecular weight is 413 g/mol. The molecule has 0 aliphatic heterocycles. The molecule has 0 spiro atoms. The van der Waals surface area contributed by atoms with Crippen LogP contribution in [0.25, 0.3) is 0 Å². The Hall–Kier alpha value is -2.12. The Labute approximate surface area is 164 Å². The topological polar surface area (TPSA) is 66.5 Å². The van der Waals surface area contributed by atoms with Gasteiger partial charge in [0.2, 0.25) is 15.9 Å². The SMILES string of the molecule is C[C@H](C(=O)NCCCc1ccc(F)cc1)N(c1ccc(Cl)cc1)S(C)(=O)=O. The lowest BCUT2D eigenvalue weighted by atomic mass is 10.1. The van der Waals surface area contributed by atoms with E-state index in [1.165, 1.54) is 19.1 Å². The lowest BCUT2D eigenvalue weighted by Gasteiger charge is -2.28. The minimum Gasteiger partial charge on any atom is -0.354 e. The van der Waals surface area contributed by atoms with Gasteiger partial charge in [-0.1, -0.05) is 23.7 Å². The largest absolute Gasteiger partial charge is 0.354 e. The zero-order valence-corrected chi connectivity index (χ0v) is 16.7. The van der Waals surface area contributed by atoms with Crippen molar-refractivity contribution in [3.8, 4) is 0 Å². The molecule has 0 saturated carbocycles. The number of hydrogen-bond donors (Lipinski definition) is 1. The van der Waals surface area contributed by atoms with E-state index in [0.717, 1.165) is 16.1 Å². The van der Waals surface area contributed by atoms with E-state index in [4.69, 9.17) is 11.6 Å². The molecular weight excluding hydrogens is 391 g/mol. The third-order valence-electron chi connectivity index (χ3n) is 4.02. The Balaban J connectivity index is 1.96. The molecule has 0 aliphatic carbocycles. The van der Waals surface area contributed by atoms with Gasteiger partial charge in [-0.05, 0) is 61.7 Å². The molecule has 1 N–H and O–H groups in total. The maximum Gasteiger partial charge on any atom is 0.243 e. The molecule has 0 unspecified atom stereocenters. The van der Waals surface area contributed by atoms with Crippen LogP contribution < -0.4 is 9.62 Å². The van der Waals surface area contributed by atoms with E-state index < -0.39 is 22.0 Å². The first-order valence-electron chi connectivity index (χ1n) is 8.45. The molecule has 8 heteroatoms. The molecule has 27 heavy (non-hydrogen) atoms. The van der Waals surface area contributed by atoms with Gasteiger partial charge in [0, 0.05) is 11.6 Å². The summed E-state index contributed by atoms with van der Waals surface area (Å²) in [5.41, 5.74) is 1.34. The Morgan fingerprint density at radius 1 is 1.15 bits per heavy atom. The van der Waals surface area contributed by atoms with Gasteiger partial charge in [-0.15, -0.1) is 0 Å².